The molecule has 0 spiro atoms. The molecular formula is C27H26N6O2S2. The molecule has 10 heteroatoms. The van der Waals surface area contributed by atoms with E-state index in [2.05, 4.69) is 62.7 Å². The summed E-state index contributed by atoms with van der Waals surface area (Å²) in [4.78, 5) is 22.8. The number of ether oxygens (including phenoxy) is 1. The van der Waals surface area contributed by atoms with E-state index in [1.165, 1.54) is 17.3 Å². The highest BCUT2D eigenvalue weighted by Crippen LogP contribution is 2.36. The standard InChI is InChI=1S/C27H26N6O2S2/c1-18-7-9-19(10-8-18)20-15-36-26-24(20)25-29-30-27(33(25)17-28-26)37-16-23(34)32-13-11-31(12-14-32)21-5-3-4-6-22(21)35-2/h3-10,15,17H,11-14,16H2,1-2H3. The Labute approximate surface area is 222 Å². The van der Waals surface area contributed by atoms with Gasteiger partial charge in [0.15, 0.2) is 10.8 Å². The number of piperazine rings is 1. The molecule has 4 heterocycles. The molecule has 6 rings (SSSR count). The Bertz CT molecular complexity index is 1570. The molecule has 1 amide bonds. The molecule has 0 N–H and O–H groups in total. The number of methoxy groups -OCH3 is 1. The topological polar surface area (TPSA) is 75.9 Å². The average molecular weight is 531 g/mol. The Kier molecular flexibility index (Phi) is 6.43. The molecule has 1 aliphatic heterocycles. The number of carbonyl (C=O) groups excluding carboxylic acids is 1. The number of anilines is 1. The van der Waals surface area contributed by atoms with Crippen LogP contribution in [-0.4, -0.2) is 69.4 Å². The van der Waals surface area contributed by atoms with Gasteiger partial charge in [-0.2, -0.15) is 0 Å². The highest BCUT2D eigenvalue weighted by atomic mass is 32.2. The van der Waals surface area contributed by atoms with Crippen LogP contribution >= 0.6 is 23.1 Å². The Morgan fingerprint density at radius 3 is 2.62 bits per heavy atom. The smallest absolute Gasteiger partial charge is 0.233 e. The second-order valence-corrected chi connectivity index (χ2v) is 10.7. The van der Waals surface area contributed by atoms with Crippen LogP contribution in [-0.2, 0) is 4.79 Å². The summed E-state index contributed by atoms with van der Waals surface area (Å²) in [5.74, 6) is 1.27. The summed E-state index contributed by atoms with van der Waals surface area (Å²) in [6.45, 7) is 4.97. The fourth-order valence-electron chi connectivity index (χ4n) is 4.67. The lowest BCUT2D eigenvalue weighted by Crippen LogP contribution is -2.49. The number of carbonyl (C=O) groups is 1. The van der Waals surface area contributed by atoms with Crippen LogP contribution in [0.1, 0.15) is 5.56 Å². The minimum absolute atomic E-state index is 0.103. The normalized spacial score (nSPS) is 14.0. The number of aryl methyl sites for hydroxylation is 1. The van der Waals surface area contributed by atoms with Gasteiger partial charge < -0.3 is 14.5 Å². The van der Waals surface area contributed by atoms with Crippen LogP contribution in [0.2, 0.25) is 0 Å². The molecule has 1 aliphatic rings. The third-order valence-corrected chi connectivity index (χ3v) is 8.51. The van der Waals surface area contributed by atoms with Gasteiger partial charge in [0.1, 0.15) is 16.9 Å². The molecule has 0 bridgehead atoms. The Hall–Kier alpha value is -3.63. The number of nitrogens with zero attached hydrogens (tertiary/aromatic N) is 6. The fraction of sp³-hybridized carbons (Fsp3) is 0.259. The van der Waals surface area contributed by atoms with E-state index in [9.17, 15) is 4.79 Å². The first-order chi connectivity index (χ1) is 18.1. The number of fused-ring (bicyclic) bond motifs is 3. The predicted octanol–water partition coefficient (Wildman–Crippen LogP) is 4.76. The largest absolute Gasteiger partial charge is 0.495 e. The van der Waals surface area contributed by atoms with E-state index in [0.717, 1.165) is 51.5 Å². The zero-order valence-corrected chi connectivity index (χ0v) is 22.3. The van der Waals surface area contributed by atoms with E-state index in [0.29, 0.717) is 24.0 Å². The number of rotatable bonds is 6. The molecular weight excluding hydrogens is 504 g/mol. The minimum Gasteiger partial charge on any atom is -0.495 e. The molecule has 5 aromatic rings. The fourth-order valence-corrected chi connectivity index (χ4v) is 6.39. The second-order valence-electron chi connectivity index (χ2n) is 8.94. The van der Waals surface area contributed by atoms with Crippen LogP contribution in [0.5, 0.6) is 5.75 Å². The molecule has 0 aliphatic carbocycles. The van der Waals surface area contributed by atoms with Crippen molar-refractivity contribution < 1.29 is 9.53 Å². The van der Waals surface area contributed by atoms with Gasteiger partial charge in [0.25, 0.3) is 0 Å². The van der Waals surface area contributed by atoms with Crippen LogP contribution in [0.3, 0.4) is 0 Å². The summed E-state index contributed by atoms with van der Waals surface area (Å²) in [6.07, 6.45) is 1.76. The first kappa shape index (κ1) is 23.7. The van der Waals surface area contributed by atoms with Gasteiger partial charge >= 0.3 is 0 Å². The number of thioether (sulfide) groups is 1. The first-order valence-electron chi connectivity index (χ1n) is 12.1. The number of benzene rings is 2. The highest BCUT2D eigenvalue weighted by molar-refractivity contribution is 7.99. The van der Waals surface area contributed by atoms with Crippen LogP contribution in [0.4, 0.5) is 5.69 Å². The van der Waals surface area contributed by atoms with Gasteiger partial charge in [-0.3, -0.25) is 9.20 Å². The van der Waals surface area contributed by atoms with Gasteiger partial charge in [-0.25, -0.2) is 4.98 Å². The summed E-state index contributed by atoms with van der Waals surface area (Å²) in [7, 11) is 1.69. The third kappa shape index (κ3) is 4.51. The van der Waals surface area contributed by atoms with Gasteiger partial charge in [0.2, 0.25) is 5.91 Å². The maximum absolute atomic E-state index is 13.0. The number of hydrogen-bond acceptors (Lipinski definition) is 8. The molecule has 2 aromatic carbocycles. The van der Waals surface area contributed by atoms with Crippen molar-refractivity contribution in [3.8, 4) is 16.9 Å². The molecule has 0 unspecified atom stereocenters. The summed E-state index contributed by atoms with van der Waals surface area (Å²) >= 11 is 3.01. The zero-order chi connectivity index (χ0) is 25.4. The zero-order valence-electron chi connectivity index (χ0n) is 20.6. The molecule has 1 fully saturated rings. The van der Waals surface area contributed by atoms with Crippen molar-refractivity contribution in [3.05, 3.63) is 65.8 Å². The summed E-state index contributed by atoms with van der Waals surface area (Å²) in [5.41, 5.74) is 5.29. The highest BCUT2D eigenvalue weighted by Gasteiger charge is 2.24. The molecule has 37 heavy (non-hydrogen) atoms. The SMILES string of the molecule is COc1ccccc1N1CCN(C(=O)CSc2nnc3c4c(-c5ccc(C)cc5)csc4ncn23)CC1. The molecule has 8 nitrogen and oxygen atoms in total. The Balaban J connectivity index is 1.15. The molecule has 0 radical (unpaired) electrons. The number of hydrogen-bond donors (Lipinski definition) is 0. The summed E-state index contributed by atoms with van der Waals surface area (Å²) in [5, 5.41) is 12.7. The number of aromatic nitrogens is 4. The third-order valence-electron chi connectivity index (χ3n) is 6.70. The molecule has 3 aromatic heterocycles. The lowest BCUT2D eigenvalue weighted by Gasteiger charge is -2.36. The van der Waals surface area contributed by atoms with E-state index < -0.39 is 0 Å². The van der Waals surface area contributed by atoms with Gasteiger partial charge in [-0.15, -0.1) is 21.5 Å². The van der Waals surface area contributed by atoms with Crippen LogP contribution in [0.25, 0.3) is 27.0 Å². The minimum atomic E-state index is 0.103. The van der Waals surface area contributed by atoms with Crippen molar-refractivity contribution in [1.29, 1.82) is 0 Å². The number of para-hydroxylation sites is 2. The molecule has 188 valence electrons. The summed E-state index contributed by atoms with van der Waals surface area (Å²) in [6, 6.07) is 16.5. The van der Waals surface area contributed by atoms with Crippen molar-refractivity contribution in [2.45, 2.75) is 12.1 Å². The first-order valence-corrected chi connectivity index (χ1v) is 14.0. The lowest BCUT2D eigenvalue weighted by atomic mass is 10.0. The van der Waals surface area contributed by atoms with E-state index >= 15 is 0 Å². The van der Waals surface area contributed by atoms with E-state index in [4.69, 9.17) is 4.74 Å². The monoisotopic (exact) mass is 530 g/mol. The quantitative estimate of drug-likeness (QED) is 0.293. The molecule has 1 saturated heterocycles. The van der Waals surface area contributed by atoms with Crippen LogP contribution < -0.4 is 9.64 Å². The van der Waals surface area contributed by atoms with Crippen molar-refractivity contribution >= 4 is 50.6 Å². The molecule has 0 atom stereocenters. The summed E-state index contributed by atoms with van der Waals surface area (Å²) < 4.78 is 7.39. The predicted molar refractivity (Wildman–Crippen MR) is 149 cm³/mol. The van der Waals surface area contributed by atoms with Gasteiger partial charge in [0.05, 0.1) is 23.9 Å². The molecule has 0 saturated carbocycles. The van der Waals surface area contributed by atoms with Crippen molar-refractivity contribution in [1.82, 2.24) is 24.5 Å². The number of thiophene rings is 1. The van der Waals surface area contributed by atoms with Crippen molar-refractivity contribution in [3.63, 3.8) is 0 Å². The lowest BCUT2D eigenvalue weighted by molar-refractivity contribution is -0.128. The van der Waals surface area contributed by atoms with Crippen LogP contribution in [0, 0.1) is 6.92 Å². The van der Waals surface area contributed by atoms with E-state index in [1.807, 2.05) is 27.5 Å². The van der Waals surface area contributed by atoms with Gasteiger partial charge in [-0.1, -0.05) is 53.7 Å². The van der Waals surface area contributed by atoms with Gasteiger partial charge in [-0.05, 0) is 24.6 Å². The maximum Gasteiger partial charge on any atom is 0.233 e. The Morgan fingerprint density at radius 2 is 1.84 bits per heavy atom. The van der Waals surface area contributed by atoms with Gasteiger partial charge in [0, 0.05) is 37.1 Å². The van der Waals surface area contributed by atoms with E-state index in [-0.39, 0.29) is 5.91 Å². The maximum atomic E-state index is 13.0. The van der Waals surface area contributed by atoms with Crippen molar-refractivity contribution in [2.75, 3.05) is 43.9 Å². The van der Waals surface area contributed by atoms with Crippen molar-refractivity contribution in [2.24, 2.45) is 0 Å². The number of amides is 1. The van der Waals surface area contributed by atoms with Crippen LogP contribution in [0.15, 0.2) is 65.4 Å². The second kappa shape index (κ2) is 10.0. The van der Waals surface area contributed by atoms with E-state index in [1.54, 1.807) is 24.8 Å². The Morgan fingerprint density at radius 1 is 1.05 bits per heavy atom. The average Bonchev–Trinajstić information content (AvgIpc) is 3.56.